The number of benzene rings is 1. The van der Waals surface area contributed by atoms with Crippen molar-refractivity contribution in [3.05, 3.63) is 23.8 Å². The minimum Gasteiger partial charge on any atom is -0.481 e. The monoisotopic (exact) mass is 205 g/mol. The molecule has 0 aliphatic heterocycles. The number of carboxylic acid groups (broad SMARTS) is 1. The smallest absolute Gasteiger partial charge is 0.310 e. The van der Waals surface area contributed by atoms with Crippen LogP contribution in [0.4, 0.5) is 0 Å². The highest BCUT2D eigenvalue weighted by molar-refractivity contribution is 5.80. The molecule has 1 N–H and O–H groups in total. The molecule has 1 atom stereocenters. The summed E-state index contributed by atoms with van der Waals surface area (Å²) in [4.78, 5) is 12.3. The van der Waals surface area contributed by atoms with Crippen molar-refractivity contribution >= 4 is 17.0 Å². The molecule has 0 radical (unpaired) electrons. The van der Waals surface area contributed by atoms with Gasteiger partial charge in [0, 0.05) is 7.05 Å². The zero-order valence-corrected chi connectivity index (χ0v) is 8.51. The van der Waals surface area contributed by atoms with E-state index in [1.54, 1.807) is 32.2 Å². The van der Waals surface area contributed by atoms with Crippen molar-refractivity contribution in [2.75, 3.05) is 0 Å². The minimum absolute atomic E-state index is 0.517. The predicted octanol–water partition coefficient (Wildman–Crippen LogP) is 1.16. The van der Waals surface area contributed by atoms with Gasteiger partial charge in [0.2, 0.25) is 0 Å². The minimum atomic E-state index is -0.835. The molecule has 0 spiro atoms. The highest BCUT2D eigenvalue weighted by atomic mass is 16.4. The van der Waals surface area contributed by atoms with Crippen molar-refractivity contribution in [2.24, 2.45) is 7.05 Å². The summed E-state index contributed by atoms with van der Waals surface area (Å²) in [5.41, 5.74) is 2.25. The summed E-state index contributed by atoms with van der Waals surface area (Å²) >= 11 is 0. The van der Waals surface area contributed by atoms with Gasteiger partial charge in [-0.2, -0.15) is 15.0 Å². The van der Waals surface area contributed by atoms with Crippen LogP contribution in [-0.2, 0) is 11.8 Å². The standard InChI is InChI=1S/C10H11N3O2/c1-6(10(14)15)7-3-4-8-9(5-7)12-13(2)11-8/h3-6H,1-2H3,(H,14,15). The molecule has 1 unspecified atom stereocenters. The number of aryl methyl sites for hydroxylation is 1. The Morgan fingerprint density at radius 2 is 2.07 bits per heavy atom. The zero-order valence-electron chi connectivity index (χ0n) is 8.51. The Kier molecular flexibility index (Phi) is 2.15. The summed E-state index contributed by atoms with van der Waals surface area (Å²) in [5, 5.41) is 17.1. The Bertz CT molecular complexity index is 518. The van der Waals surface area contributed by atoms with Crippen LogP contribution in [0.3, 0.4) is 0 Å². The third kappa shape index (κ3) is 1.68. The van der Waals surface area contributed by atoms with Crippen LogP contribution in [0.25, 0.3) is 11.0 Å². The van der Waals surface area contributed by atoms with E-state index in [-0.39, 0.29) is 0 Å². The first-order valence-electron chi connectivity index (χ1n) is 4.61. The third-order valence-corrected chi connectivity index (χ3v) is 2.37. The molecule has 0 aliphatic rings. The lowest BCUT2D eigenvalue weighted by atomic mass is 10.0. The number of carboxylic acids is 1. The number of rotatable bonds is 2. The average molecular weight is 205 g/mol. The first kappa shape index (κ1) is 9.64. The van der Waals surface area contributed by atoms with Crippen LogP contribution in [0.2, 0.25) is 0 Å². The maximum Gasteiger partial charge on any atom is 0.310 e. The fourth-order valence-corrected chi connectivity index (χ4v) is 1.45. The summed E-state index contributed by atoms with van der Waals surface area (Å²) in [6.07, 6.45) is 0. The number of hydrogen-bond donors (Lipinski definition) is 1. The first-order chi connectivity index (χ1) is 7.08. The van der Waals surface area contributed by atoms with E-state index in [9.17, 15) is 4.79 Å². The van der Waals surface area contributed by atoms with Crippen LogP contribution in [-0.4, -0.2) is 26.1 Å². The number of hydrogen-bond acceptors (Lipinski definition) is 3. The van der Waals surface area contributed by atoms with Gasteiger partial charge in [-0.15, -0.1) is 0 Å². The Balaban J connectivity index is 2.50. The van der Waals surface area contributed by atoms with E-state index in [4.69, 9.17) is 5.11 Å². The van der Waals surface area contributed by atoms with E-state index >= 15 is 0 Å². The average Bonchev–Trinajstić information content (AvgIpc) is 2.55. The van der Waals surface area contributed by atoms with E-state index in [0.29, 0.717) is 0 Å². The van der Waals surface area contributed by atoms with Crippen LogP contribution in [0.1, 0.15) is 18.4 Å². The quantitative estimate of drug-likeness (QED) is 0.798. The van der Waals surface area contributed by atoms with Gasteiger partial charge < -0.3 is 5.11 Å². The molecule has 2 aromatic rings. The second kappa shape index (κ2) is 3.34. The Labute approximate surface area is 86.3 Å². The molecule has 0 amide bonds. The molecular weight excluding hydrogens is 194 g/mol. The van der Waals surface area contributed by atoms with Gasteiger partial charge in [-0.3, -0.25) is 4.79 Å². The molecule has 1 heterocycles. The van der Waals surface area contributed by atoms with E-state index < -0.39 is 11.9 Å². The molecule has 0 saturated heterocycles. The largest absolute Gasteiger partial charge is 0.481 e. The van der Waals surface area contributed by atoms with E-state index in [0.717, 1.165) is 16.6 Å². The number of carbonyl (C=O) groups is 1. The van der Waals surface area contributed by atoms with Crippen molar-refractivity contribution in [2.45, 2.75) is 12.8 Å². The van der Waals surface area contributed by atoms with Crippen LogP contribution in [0, 0.1) is 0 Å². The fraction of sp³-hybridized carbons (Fsp3) is 0.300. The molecule has 0 saturated carbocycles. The summed E-state index contributed by atoms with van der Waals surface area (Å²) in [6, 6.07) is 5.33. The van der Waals surface area contributed by atoms with Crippen LogP contribution >= 0.6 is 0 Å². The van der Waals surface area contributed by atoms with Crippen molar-refractivity contribution in [3.8, 4) is 0 Å². The van der Waals surface area contributed by atoms with Crippen molar-refractivity contribution < 1.29 is 9.90 Å². The molecule has 0 aliphatic carbocycles. The molecular formula is C10H11N3O2. The van der Waals surface area contributed by atoms with Crippen LogP contribution in [0.5, 0.6) is 0 Å². The maximum atomic E-state index is 10.8. The van der Waals surface area contributed by atoms with Crippen molar-refractivity contribution in [3.63, 3.8) is 0 Å². The SMILES string of the molecule is CC(C(=O)O)c1ccc2nn(C)nc2c1. The lowest BCUT2D eigenvalue weighted by molar-refractivity contribution is -0.138. The summed E-state index contributed by atoms with van der Waals surface area (Å²) < 4.78 is 0. The second-order valence-corrected chi connectivity index (χ2v) is 3.50. The zero-order chi connectivity index (χ0) is 11.0. The lowest BCUT2D eigenvalue weighted by Gasteiger charge is -2.04. The molecule has 0 fully saturated rings. The third-order valence-electron chi connectivity index (χ3n) is 2.37. The Morgan fingerprint density at radius 1 is 1.40 bits per heavy atom. The number of fused-ring (bicyclic) bond motifs is 1. The van der Waals surface area contributed by atoms with Gasteiger partial charge in [0.05, 0.1) is 5.92 Å². The summed E-state index contributed by atoms with van der Waals surface area (Å²) in [5.74, 6) is -1.35. The second-order valence-electron chi connectivity index (χ2n) is 3.50. The topological polar surface area (TPSA) is 68.0 Å². The van der Waals surface area contributed by atoms with Crippen molar-refractivity contribution in [1.29, 1.82) is 0 Å². The van der Waals surface area contributed by atoms with Gasteiger partial charge in [-0.25, -0.2) is 0 Å². The van der Waals surface area contributed by atoms with E-state index in [1.807, 2.05) is 0 Å². The first-order valence-corrected chi connectivity index (χ1v) is 4.61. The fourth-order valence-electron chi connectivity index (χ4n) is 1.45. The van der Waals surface area contributed by atoms with Gasteiger partial charge in [0.15, 0.2) is 0 Å². The molecule has 5 heteroatoms. The molecule has 2 rings (SSSR count). The number of nitrogens with zero attached hydrogens (tertiary/aromatic N) is 3. The number of aliphatic carboxylic acids is 1. The molecule has 1 aromatic heterocycles. The van der Waals surface area contributed by atoms with Crippen molar-refractivity contribution in [1.82, 2.24) is 15.0 Å². The normalized spacial score (nSPS) is 12.9. The highest BCUT2D eigenvalue weighted by Gasteiger charge is 2.14. The van der Waals surface area contributed by atoms with Crippen LogP contribution in [0.15, 0.2) is 18.2 Å². The molecule has 15 heavy (non-hydrogen) atoms. The maximum absolute atomic E-state index is 10.8. The molecule has 5 nitrogen and oxygen atoms in total. The van der Waals surface area contributed by atoms with Gasteiger partial charge >= 0.3 is 5.97 Å². The van der Waals surface area contributed by atoms with Crippen LogP contribution < -0.4 is 0 Å². The molecule has 0 bridgehead atoms. The van der Waals surface area contributed by atoms with E-state index in [1.165, 1.54) is 4.80 Å². The Hall–Kier alpha value is -1.91. The highest BCUT2D eigenvalue weighted by Crippen LogP contribution is 2.19. The Morgan fingerprint density at radius 3 is 2.73 bits per heavy atom. The van der Waals surface area contributed by atoms with Gasteiger partial charge in [-0.1, -0.05) is 6.07 Å². The number of aromatic nitrogens is 3. The summed E-state index contributed by atoms with van der Waals surface area (Å²) in [7, 11) is 1.74. The molecule has 78 valence electrons. The predicted molar refractivity (Wildman–Crippen MR) is 54.6 cm³/mol. The lowest BCUT2D eigenvalue weighted by Crippen LogP contribution is -2.06. The molecule has 1 aromatic carbocycles. The summed E-state index contributed by atoms with van der Waals surface area (Å²) in [6.45, 7) is 1.65. The van der Waals surface area contributed by atoms with Gasteiger partial charge in [0.25, 0.3) is 0 Å². The van der Waals surface area contributed by atoms with Gasteiger partial charge in [0.1, 0.15) is 11.0 Å². The van der Waals surface area contributed by atoms with Gasteiger partial charge in [-0.05, 0) is 24.6 Å². The van der Waals surface area contributed by atoms with E-state index in [2.05, 4.69) is 10.2 Å².